The number of benzene rings is 1. The van der Waals surface area contributed by atoms with Crippen molar-refractivity contribution in [2.24, 2.45) is 0 Å². The van der Waals surface area contributed by atoms with Gasteiger partial charge < -0.3 is 15.0 Å². The maximum atomic E-state index is 5.85. The van der Waals surface area contributed by atoms with Crippen molar-refractivity contribution < 1.29 is 4.74 Å². The van der Waals surface area contributed by atoms with Crippen molar-refractivity contribution in [3.8, 4) is 5.75 Å². The van der Waals surface area contributed by atoms with Crippen LogP contribution >= 0.6 is 38.9 Å². The molecule has 0 radical (unpaired) electrons. The number of hydrogen-bond acceptors (Lipinski definition) is 5. The summed E-state index contributed by atoms with van der Waals surface area (Å²) in [5, 5.41) is 3.36. The number of nitrogens with zero attached hydrogens (tertiary/aromatic N) is 2. The van der Waals surface area contributed by atoms with E-state index in [0.717, 1.165) is 27.3 Å². The Kier molecular flexibility index (Phi) is 6.29. The van der Waals surface area contributed by atoms with Crippen molar-refractivity contribution in [1.82, 2.24) is 9.88 Å². The second-order valence-electron chi connectivity index (χ2n) is 4.73. The highest BCUT2D eigenvalue weighted by Gasteiger charge is 2.06. The van der Waals surface area contributed by atoms with E-state index >= 15 is 0 Å². The predicted molar refractivity (Wildman–Crippen MR) is 92.6 cm³/mol. The number of likely N-dealkylation sites (N-methyl/N-ethyl adjacent to an activating group) is 1. The van der Waals surface area contributed by atoms with Crippen LogP contribution in [0.1, 0.15) is 4.88 Å². The first kappa shape index (κ1) is 16.5. The van der Waals surface area contributed by atoms with Crippen LogP contribution in [0.5, 0.6) is 5.75 Å². The molecular formula is C14H17BrClN3OS. The van der Waals surface area contributed by atoms with E-state index in [9.17, 15) is 0 Å². The Balaban J connectivity index is 2.00. The number of rotatable bonds is 7. The first-order chi connectivity index (χ1) is 10.0. The van der Waals surface area contributed by atoms with Crippen molar-refractivity contribution in [2.45, 2.75) is 6.54 Å². The van der Waals surface area contributed by atoms with E-state index in [1.807, 2.05) is 32.3 Å². The summed E-state index contributed by atoms with van der Waals surface area (Å²) in [6.45, 7) is 2.19. The zero-order chi connectivity index (χ0) is 15.2. The standard InChI is InChI=1S/C14H17BrClN3OS/c1-19(2)5-6-20-13-7-10(15)3-4-12(13)17-8-11-9-18-14(16)21-11/h3-4,7,9,17H,5-6,8H2,1-2H3. The number of hydrogen-bond donors (Lipinski definition) is 1. The normalized spacial score (nSPS) is 10.9. The molecule has 0 aliphatic heterocycles. The van der Waals surface area contributed by atoms with E-state index in [2.05, 4.69) is 31.1 Å². The van der Waals surface area contributed by atoms with Crippen LogP contribution in [0, 0.1) is 0 Å². The van der Waals surface area contributed by atoms with Gasteiger partial charge >= 0.3 is 0 Å². The highest BCUT2D eigenvalue weighted by molar-refractivity contribution is 9.10. The molecule has 2 rings (SSSR count). The average Bonchev–Trinajstić information content (AvgIpc) is 2.83. The molecule has 0 amide bonds. The zero-order valence-corrected chi connectivity index (χ0v) is 15.1. The molecule has 0 aliphatic rings. The monoisotopic (exact) mass is 389 g/mol. The summed E-state index contributed by atoms with van der Waals surface area (Å²) in [5.41, 5.74) is 0.960. The Morgan fingerprint density at radius 2 is 2.24 bits per heavy atom. The Labute approximate surface area is 142 Å². The van der Waals surface area contributed by atoms with E-state index in [4.69, 9.17) is 16.3 Å². The lowest BCUT2D eigenvalue weighted by molar-refractivity contribution is 0.262. The summed E-state index contributed by atoms with van der Waals surface area (Å²) in [4.78, 5) is 7.21. The number of ether oxygens (including phenoxy) is 1. The summed E-state index contributed by atoms with van der Waals surface area (Å²) in [7, 11) is 4.05. The minimum atomic E-state index is 0.560. The maximum absolute atomic E-state index is 5.85. The van der Waals surface area contributed by atoms with Gasteiger partial charge in [-0.25, -0.2) is 4.98 Å². The quantitative estimate of drug-likeness (QED) is 0.772. The summed E-state index contributed by atoms with van der Waals surface area (Å²) in [6, 6.07) is 5.95. The number of aromatic nitrogens is 1. The van der Waals surface area contributed by atoms with E-state index < -0.39 is 0 Å². The highest BCUT2D eigenvalue weighted by atomic mass is 79.9. The number of anilines is 1. The van der Waals surface area contributed by atoms with E-state index in [0.29, 0.717) is 17.6 Å². The molecule has 0 bridgehead atoms. The van der Waals surface area contributed by atoms with Gasteiger partial charge in [0.05, 0.1) is 12.2 Å². The van der Waals surface area contributed by atoms with Crippen molar-refractivity contribution in [1.29, 1.82) is 0 Å². The first-order valence-electron chi connectivity index (χ1n) is 6.46. The van der Waals surface area contributed by atoms with Crippen LogP contribution in [-0.4, -0.2) is 37.1 Å². The van der Waals surface area contributed by atoms with Gasteiger partial charge in [0.2, 0.25) is 0 Å². The van der Waals surface area contributed by atoms with Gasteiger partial charge in [0, 0.05) is 22.1 Å². The minimum absolute atomic E-state index is 0.560. The van der Waals surface area contributed by atoms with Crippen LogP contribution in [-0.2, 0) is 6.54 Å². The largest absolute Gasteiger partial charge is 0.490 e. The second-order valence-corrected chi connectivity index (χ2v) is 7.34. The number of halogens is 2. The molecule has 1 N–H and O–H groups in total. The first-order valence-corrected chi connectivity index (χ1v) is 8.44. The van der Waals surface area contributed by atoms with Crippen molar-refractivity contribution >= 4 is 44.6 Å². The van der Waals surface area contributed by atoms with Gasteiger partial charge in [0.1, 0.15) is 12.4 Å². The zero-order valence-electron chi connectivity index (χ0n) is 11.9. The number of nitrogens with one attached hydrogen (secondary N) is 1. The van der Waals surface area contributed by atoms with E-state index in [-0.39, 0.29) is 0 Å². The van der Waals surface area contributed by atoms with Crippen molar-refractivity contribution in [3.63, 3.8) is 0 Å². The summed E-state index contributed by atoms with van der Waals surface area (Å²) < 4.78 is 7.40. The molecule has 1 aromatic carbocycles. The molecule has 21 heavy (non-hydrogen) atoms. The molecule has 0 saturated heterocycles. The van der Waals surface area contributed by atoms with Crippen LogP contribution < -0.4 is 10.1 Å². The highest BCUT2D eigenvalue weighted by Crippen LogP contribution is 2.29. The van der Waals surface area contributed by atoms with Gasteiger partial charge in [-0.1, -0.05) is 27.5 Å². The van der Waals surface area contributed by atoms with Crippen LogP contribution in [0.3, 0.4) is 0 Å². The Bertz CT molecular complexity index is 591. The van der Waals surface area contributed by atoms with E-state index in [1.54, 1.807) is 6.20 Å². The fourth-order valence-corrected chi connectivity index (χ4v) is 2.91. The fourth-order valence-electron chi connectivity index (χ4n) is 1.65. The Morgan fingerprint density at radius 1 is 1.43 bits per heavy atom. The molecular weight excluding hydrogens is 374 g/mol. The van der Waals surface area contributed by atoms with Gasteiger partial charge in [-0.3, -0.25) is 0 Å². The Morgan fingerprint density at radius 3 is 2.90 bits per heavy atom. The average molecular weight is 391 g/mol. The van der Waals surface area contributed by atoms with Crippen LogP contribution in [0.2, 0.25) is 4.47 Å². The molecule has 0 fully saturated rings. The van der Waals surface area contributed by atoms with Gasteiger partial charge in [0.25, 0.3) is 0 Å². The van der Waals surface area contributed by atoms with Crippen LogP contribution in [0.15, 0.2) is 28.9 Å². The third-order valence-corrected chi connectivity index (χ3v) is 4.33. The fraction of sp³-hybridized carbons (Fsp3) is 0.357. The van der Waals surface area contributed by atoms with Gasteiger partial charge in [-0.2, -0.15) is 0 Å². The van der Waals surface area contributed by atoms with Gasteiger partial charge in [0.15, 0.2) is 4.47 Å². The molecule has 114 valence electrons. The van der Waals surface area contributed by atoms with E-state index in [1.165, 1.54) is 11.3 Å². The molecule has 0 atom stereocenters. The van der Waals surface area contributed by atoms with Crippen LogP contribution in [0.4, 0.5) is 5.69 Å². The molecule has 1 heterocycles. The topological polar surface area (TPSA) is 37.4 Å². The van der Waals surface area contributed by atoms with Crippen molar-refractivity contribution in [3.05, 3.63) is 38.2 Å². The van der Waals surface area contributed by atoms with Crippen LogP contribution in [0.25, 0.3) is 0 Å². The smallest absolute Gasteiger partial charge is 0.183 e. The molecule has 0 aliphatic carbocycles. The Hall–Kier alpha value is -0.820. The summed E-state index contributed by atoms with van der Waals surface area (Å²) >= 11 is 10.8. The predicted octanol–water partition coefficient (Wildman–Crippen LogP) is 4.11. The molecule has 7 heteroatoms. The van der Waals surface area contributed by atoms with Gasteiger partial charge in [-0.15, -0.1) is 11.3 Å². The molecule has 1 aromatic heterocycles. The number of thiazole rings is 1. The minimum Gasteiger partial charge on any atom is -0.490 e. The molecule has 0 spiro atoms. The van der Waals surface area contributed by atoms with Gasteiger partial charge in [-0.05, 0) is 32.3 Å². The molecule has 4 nitrogen and oxygen atoms in total. The lowest BCUT2D eigenvalue weighted by Gasteiger charge is -2.15. The molecule has 0 saturated carbocycles. The molecule has 2 aromatic rings. The van der Waals surface area contributed by atoms with Crippen molar-refractivity contribution in [2.75, 3.05) is 32.6 Å². The third-order valence-electron chi connectivity index (χ3n) is 2.72. The molecule has 0 unspecified atom stereocenters. The maximum Gasteiger partial charge on any atom is 0.183 e. The lowest BCUT2D eigenvalue weighted by Crippen LogP contribution is -2.19. The SMILES string of the molecule is CN(C)CCOc1cc(Br)ccc1NCc1cnc(Cl)s1. The third kappa shape index (κ3) is 5.47. The second kappa shape index (κ2) is 7.98. The summed E-state index contributed by atoms with van der Waals surface area (Å²) in [5.74, 6) is 0.835. The lowest BCUT2D eigenvalue weighted by atomic mass is 10.3. The summed E-state index contributed by atoms with van der Waals surface area (Å²) in [6.07, 6.45) is 1.78.